The molecule has 0 aromatic carbocycles. The summed E-state index contributed by atoms with van der Waals surface area (Å²) < 4.78 is 10.4. The van der Waals surface area contributed by atoms with Gasteiger partial charge in [0.05, 0.1) is 13.3 Å². The van der Waals surface area contributed by atoms with Crippen molar-refractivity contribution in [3.05, 3.63) is 18.3 Å². The zero-order valence-corrected chi connectivity index (χ0v) is 8.78. The van der Waals surface area contributed by atoms with E-state index in [0.717, 1.165) is 0 Å². The van der Waals surface area contributed by atoms with E-state index >= 15 is 0 Å². The molecular weight excluding hydrogens is 180 g/mol. The summed E-state index contributed by atoms with van der Waals surface area (Å²) in [6.45, 7) is 4.24. The van der Waals surface area contributed by atoms with E-state index in [4.69, 9.17) is 15.2 Å². The third kappa shape index (κ3) is 3.62. The molecule has 1 aromatic heterocycles. The molecule has 0 spiro atoms. The minimum Gasteiger partial charge on any atom is -0.495 e. The molecule has 1 heterocycles. The van der Waals surface area contributed by atoms with Crippen molar-refractivity contribution in [3.63, 3.8) is 0 Å². The minimum atomic E-state index is -0.346. The topological polar surface area (TPSA) is 57.4 Å². The fourth-order valence-electron chi connectivity index (χ4n) is 0.833. The Bertz CT molecular complexity index is 277. The van der Waals surface area contributed by atoms with Crippen molar-refractivity contribution in [1.29, 1.82) is 0 Å². The Hall–Kier alpha value is -1.29. The SMILES string of the molecule is COc1ccc(OCC(C)(C)N)nc1. The normalized spacial score (nSPS) is 11.1. The van der Waals surface area contributed by atoms with E-state index in [0.29, 0.717) is 18.2 Å². The van der Waals surface area contributed by atoms with Crippen molar-refractivity contribution < 1.29 is 9.47 Å². The van der Waals surface area contributed by atoms with E-state index in [2.05, 4.69) is 4.98 Å². The molecule has 0 aliphatic carbocycles. The highest BCUT2D eigenvalue weighted by atomic mass is 16.5. The van der Waals surface area contributed by atoms with Crippen LogP contribution < -0.4 is 15.2 Å². The van der Waals surface area contributed by atoms with E-state index in [1.807, 2.05) is 13.8 Å². The molecule has 0 radical (unpaired) electrons. The monoisotopic (exact) mass is 196 g/mol. The average Bonchev–Trinajstić information content (AvgIpc) is 2.14. The lowest BCUT2D eigenvalue weighted by atomic mass is 10.1. The number of nitrogens with two attached hydrogens (primary N) is 1. The van der Waals surface area contributed by atoms with E-state index in [9.17, 15) is 0 Å². The van der Waals surface area contributed by atoms with Gasteiger partial charge in [-0.2, -0.15) is 0 Å². The van der Waals surface area contributed by atoms with Crippen LogP contribution in [-0.2, 0) is 0 Å². The summed E-state index contributed by atoms with van der Waals surface area (Å²) in [5.74, 6) is 1.27. The van der Waals surface area contributed by atoms with E-state index in [1.54, 1.807) is 25.4 Å². The molecule has 0 unspecified atom stereocenters. The molecule has 0 saturated carbocycles. The molecule has 0 saturated heterocycles. The molecule has 0 bridgehead atoms. The summed E-state index contributed by atoms with van der Waals surface area (Å²) in [6.07, 6.45) is 1.61. The molecule has 0 aliphatic heterocycles. The van der Waals surface area contributed by atoms with Gasteiger partial charge in [0.1, 0.15) is 12.4 Å². The van der Waals surface area contributed by atoms with Crippen LogP contribution in [0.1, 0.15) is 13.8 Å². The Morgan fingerprint density at radius 3 is 2.57 bits per heavy atom. The van der Waals surface area contributed by atoms with Crippen LogP contribution in [0.5, 0.6) is 11.6 Å². The Balaban J connectivity index is 2.52. The van der Waals surface area contributed by atoms with Gasteiger partial charge in [0.2, 0.25) is 5.88 Å². The first-order chi connectivity index (χ1) is 6.51. The smallest absolute Gasteiger partial charge is 0.213 e. The zero-order chi connectivity index (χ0) is 10.6. The van der Waals surface area contributed by atoms with E-state index in [-0.39, 0.29) is 5.54 Å². The number of nitrogens with zero attached hydrogens (tertiary/aromatic N) is 1. The molecule has 1 rings (SSSR count). The second-order valence-corrected chi connectivity index (χ2v) is 3.81. The lowest BCUT2D eigenvalue weighted by Crippen LogP contribution is -2.38. The Labute approximate surface area is 84.0 Å². The van der Waals surface area contributed by atoms with Crippen LogP contribution >= 0.6 is 0 Å². The van der Waals surface area contributed by atoms with Gasteiger partial charge < -0.3 is 15.2 Å². The summed E-state index contributed by atoms with van der Waals surface area (Å²) in [7, 11) is 1.60. The fourth-order valence-corrected chi connectivity index (χ4v) is 0.833. The van der Waals surface area contributed by atoms with Gasteiger partial charge in [0, 0.05) is 11.6 Å². The fraction of sp³-hybridized carbons (Fsp3) is 0.500. The maximum absolute atomic E-state index is 5.76. The van der Waals surface area contributed by atoms with Crippen LogP contribution in [0.25, 0.3) is 0 Å². The van der Waals surface area contributed by atoms with Gasteiger partial charge in [-0.3, -0.25) is 0 Å². The lowest BCUT2D eigenvalue weighted by Gasteiger charge is -2.18. The molecule has 0 amide bonds. The van der Waals surface area contributed by atoms with Crippen LogP contribution in [0.3, 0.4) is 0 Å². The summed E-state index contributed by atoms with van der Waals surface area (Å²) in [5, 5.41) is 0. The van der Waals surface area contributed by atoms with Crippen molar-refractivity contribution in [3.8, 4) is 11.6 Å². The second-order valence-electron chi connectivity index (χ2n) is 3.81. The Morgan fingerprint density at radius 2 is 2.14 bits per heavy atom. The summed E-state index contributed by atoms with van der Waals surface area (Å²) >= 11 is 0. The van der Waals surface area contributed by atoms with Gasteiger partial charge in [0.15, 0.2) is 0 Å². The third-order valence-electron chi connectivity index (χ3n) is 1.54. The predicted octanol–water partition coefficient (Wildman–Crippen LogP) is 1.21. The third-order valence-corrected chi connectivity index (χ3v) is 1.54. The summed E-state index contributed by atoms with van der Waals surface area (Å²) in [5.41, 5.74) is 5.42. The zero-order valence-electron chi connectivity index (χ0n) is 8.78. The van der Waals surface area contributed by atoms with Crippen molar-refractivity contribution in [2.45, 2.75) is 19.4 Å². The predicted molar refractivity (Wildman–Crippen MR) is 54.6 cm³/mol. The van der Waals surface area contributed by atoms with E-state index < -0.39 is 0 Å². The minimum absolute atomic E-state index is 0.346. The van der Waals surface area contributed by atoms with Crippen LogP contribution in [0.2, 0.25) is 0 Å². The van der Waals surface area contributed by atoms with Gasteiger partial charge in [-0.1, -0.05) is 0 Å². The quantitative estimate of drug-likeness (QED) is 0.786. The first-order valence-corrected chi connectivity index (χ1v) is 4.43. The Kier molecular flexibility index (Phi) is 3.30. The molecule has 4 heteroatoms. The highest BCUT2D eigenvalue weighted by Gasteiger charge is 2.11. The molecule has 78 valence electrons. The van der Waals surface area contributed by atoms with Gasteiger partial charge in [-0.25, -0.2) is 4.98 Å². The summed E-state index contributed by atoms with van der Waals surface area (Å²) in [6, 6.07) is 3.55. The standard InChI is InChI=1S/C10H16N2O2/c1-10(2,11)7-14-9-5-4-8(13-3)6-12-9/h4-6H,7,11H2,1-3H3. The van der Waals surface area contributed by atoms with Crippen LogP contribution in [0, 0.1) is 0 Å². The number of rotatable bonds is 4. The van der Waals surface area contributed by atoms with Crippen LogP contribution in [0.4, 0.5) is 0 Å². The van der Waals surface area contributed by atoms with Gasteiger partial charge in [-0.05, 0) is 19.9 Å². The van der Waals surface area contributed by atoms with Gasteiger partial charge in [-0.15, -0.1) is 0 Å². The van der Waals surface area contributed by atoms with Gasteiger partial charge >= 0.3 is 0 Å². The Morgan fingerprint density at radius 1 is 1.43 bits per heavy atom. The van der Waals surface area contributed by atoms with Crippen molar-refractivity contribution in [2.75, 3.05) is 13.7 Å². The van der Waals surface area contributed by atoms with E-state index in [1.165, 1.54) is 0 Å². The maximum atomic E-state index is 5.76. The molecular formula is C10H16N2O2. The number of hydrogen-bond donors (Lipinski definition) is 1. The number of hydrogen-bond acceptors (Lipinski definition) is 4. The maximum Gasteiger partial charge on any atom is 0.213 e. The van der Waals surface area contributed by atoms with Crippen LogP contribution in [-0.4, -0.2) is 24.2 Å². The lowest BCUT2D eigenvalue weighted by molar-refractivity contribution is 0.234. The molecule has 0 aliphatic rings. The number of aromatic nitrogens is 1. The highest BCUT2D eigenvalue weighted by molar-refractivity contribution is 5.22. The van der Waals surface area contributed by atoms with Gasteiger partial charge in [0.25, 0.3) is 0 Å². The van der Waals surface area contributed by atoms with Crippen LogP contribution in [0.15, 0.2) is 18.3 Å². The summed E-state index contributed by atoms with van der Waals surface area (Å²) in [4.78, 5) is 4.05. The number of methoxy groups -OCH3 is 1. The number of ether oxygens (including phenoxy) is 2. The largest absolute Gasteiger partial charge is 0.495 e. The van der Waals surface area contributed by atoms with Crippen molar-refractivity contribution in [2.24, 2.45) is 5.73 Å². The van der Waals surface area contributed by atoms with Crippen molar-refractivity contribution >= 4 is 0 Å². The number of pyridine rings is 1. The highest BCUT2D eigenvalue weighted by Crippen LogP contribution is 2.13. The molecule has 4 nitrogen and oxygen atoms in total. The first-order valence-electron chi connectivity index (χ1n) is 4.43. The first kappa shape index (κ1) is 10.8. The molecule has 2 N–H and O–H groups in total. The van der Waals surface area contributed by atoms with Crippen molar-refractivity contribution in [1.82, 2.24) is 4.98 Å². The average molecular weight is 196 g/mol. The molecule has 0 atom stereocenters. The molecule has 1 aromatic rings. The molecule has 14 heavy (non-hydrogen) atoms. The second kappa shape index (κ2) is 4.28. The molecule has 0 fully saturated rings.